The van der Waals surface area contributed by atoms with E-state index in [9.17, 15) is 13.6 Å². The molecule has 108 valence electrons. The minimum Gasteiger partial charge on any atom is -0.469 e. The molecule has 0 unspecified atom stereocenters. The summed E-state index contributed by atoms with van der Waals surface area (Å²) in [6.07, 6.45) is 0. The average Bonchev–Trinajstić information content (AvgIpc) is 2.26. The highest BCUT2D eigenvalue weighted by atomic mass is 79.9. The van der Waals surface area contributed by atoms with Gasteiger partial charge in [-0.25, -0.2) is 8.78 Å². The fourth-order valence-corrected chi connectivity index (χ4v) is 2.00. The lowest BCUT2D eigenvalue weighted by Crippen LogP contribution is -2.38. The Kier molecular flexibility index (Phi) is 6.38. The maximum absolute atomic E-state index is 13.8. The van der Waals surface area contributed by atoms with Gasteiger partial charge in [-0.3, -0.25) is 4.79 Å². The van der Waals surface area contributed by atoms with Crippen LogP contribution < -0.4 is 5.73 Å². The largest absolute Gasteiger partial charge is 0.469 e. The van der Waals surface area contributed by atoms with Crippen molar-refractivity contribution < 1.29 is 18.3 Å². The van der Waals surface area contributed by atoms with Crippen LogP contribution in [0.1, 0.15) is 25.5 Å². The molecule has 0 bridgehead atoms. The molecule has 0 saturated heterocycles. The van der Waals surface area contributed by atoms with Crippen LogP contribution in [-0.2, 0) is 9.53 Å². The molecule has 0 spiro atoms. The zero-order chi connectivity index (χ0) is 14.1. The van der Waals surface area contributed by atoms with Crippen molar-refractivity contribution in [1.29, 1.82) is 0 Å². The van der Waals surface area contributed by atoms with E-state index in [1.165, 1.54) is 21.0 Å². The predicted octanol–water partition coefficient (Wildman–Crippen LogP) is 3.35. The molecular formula is C12H15BrClF2NO2. The number of carbonyl (C=O) groups excluding carboxylic acids is 1. The lowest BCUT2D eigenvalue weighted by atomic mass is 9.80. The van der Waals surface area contributed by atoms with Crippen molar-refractivity contribution in [2.24, 2.45) is 11.1 Å². The summed E-state index contributed by atoms with van der Waals surface area (Å²) in [4.78, 5) is 11.6. The van der Waals surface area contributed by atoms with Gasteiger partial charge in [0.25, 0.3) is 0 Å². The molecule has 2 N–H and O–H groups in total. The van der Waals surface area contributed by atoms with Crippen LogP contribution in [0.25, 0.3) is 0 Å². The molecule has 7 heteroatoms. The van der Waals surface area contributed by atoms with Gasteiger partial charge < -0.3 is 10.5 Å². The van der Waals surface area contributed by atoms with E-state index in [1.54, 1.807) is 0 Å². The zero-order valence-corrected chi connectivity index (χ0v) is 13.1. The number of hydrogen-bond donors (Lipinski definition) is 1. The van der Waals surface area contributed by atoms with Crippen molar-refractivity contribution >= 4 is 34.3 Å². The van der Waals surface area contributed by atoms with E-state index in [1.807, 2.05) is 0 Å². The summed E-state index contributed by atoms with van der Waals surface area (Å²) in [6, 6.07) is 1.06. The molecule has 0 saturated carbocycles. The molecule has 1 aromatic carbocycles. The summed E-state index contributed by atoms with van der Waals surface area (Å²) in [6.45, 7) is 2.95. The van der Waals surface area contributed by atoms with Crippen LogP contribution in [-0.4, -0.2) is 13.1 Å². The topological polar surface area (TPSA) is 52.3 Å². The smallest absolute Gasteiger partial charge is 0.313 e. The first-order valence-electron chi connectivity index (χ1n) is 5.20. The highest BCUT2D eigenvalue weighted by molar-refractivity contribution is 9.10. The van der Waals surface area contributed by atoms with Crippen molar-refractivity contribution in [2.45, 2.75) is 19.9 Å². The summed E-state index contributed by atoms with van der Waals surface area (Å²) < 4.78 is 32.4. The molecule has 0 fully saturated rings. The first-order chi connectivity index (χ1) is 8.21. The van der Waals surface area contributed by atoms with Gasteiger partial charge in [0.15, 0.2) is 0 Å². The number of nitrogens with two attached hydrogens (primary N) is 1. The molecule has 0 heterocycles. The lowest BCUT2D eigenvalue weighted by molar-refractivity contribution is -0.152. The number of methoxy groups -OCH3 is 1. The third-order valence-electron chi connectivity index (χ3n) is 2.84. The zero-order valence-electron chi connectivity index (χ0n) is 10.7. The second-order valence-corrected chi connectivity index (χ2v) is 5.39. The van der Waals surface area contributed by atoms with Gasteiger partial charge in [-0.15, -0.1) is 12.4 Å². The number of hydrogen-bond acceptors (Lipinski definition) is 3. The molecule has 0 aromatic heterocycles. The summed E-state index contributed by atoms with van der Waals surface area (Å²) in [7, 11) is 1.20. The summed E-state index contributed by atoms with van der Waals surface area (Å²) in [5, 5.41) is 0. The van der Waals surface area contributed by atoms with Crippen LogP contribution in [0.15, 0.2) is 16.6 Å². The van der Waals surface area contributed by atoms with Crippen molar-refractivity contribution in [2.75, 3.05) is 7.11 Å². The van der Waals surface area contributed by atoms with Crippen LogP contribution in [0.2, 0.25) is 0 Å². The highest BCUT2D eigenvalue weighted by Gasteiger charge is 2.39. The Morgan fingerprint density at radius 3 is 2.16 bits per heavy atom. The molecule has 0 amide bonds. The maximum atomic E-state index is 13.8. The van der Waals surface area contributed by atoms with E-state index in [0.29, 0.717) is 0 Å². The molecule has 3 nitrogen and oxygen atoms in total. The standard InChI is InChI=1S/C12H14BrF2NO2.ClH/c1-12(2,11(17)18-3)10(16)9-7(14)4-6(13)5-8(9)15;/h4-5,10H,16H2,1-3H3;1H/t10-;/m1./s1. The van der Waals surface area contributed by atoms with Crippen LogP contribution in [0, 0.1) is 17.0 Å². The Labute approximate surface area is 125 Å². The summed E-state index contributed by atoms with van der Waals surface area (Å²) in [5.41, 5.74) is 4.25. The van der Waals surface area contributed by atoms with E-state index in [2.05, 4.69) is 20.7 Å². The number of halogens is 4. The SMILES string of the molecule is COC(=O)C(C)(C)[C@H](N)c1c(F)cc(Br)cc1F.Cl. The van der Waals surface area contributed by atoms with Crippen LogP contribution in [0.3, 0.4) is 0 Å². The fourth-order valence-electron chi connectivity index (χ4n) is 1.60. The first-order valence-corrected chi connectivity index (χ1v) is 5.99. The Morgan fingerprint density at radius 1 is 1.37 bits per heavy atom. The van der Waals surface area contributed by atoms with Gasteiger partial charge in [0.05, 0.1) is 18.6 Å². The molecule has 1 rings (SSSR count). The summed E-state index contributed by atoms with van der Waals surface area (Å²) >= 11 is 2.98. The third-order valence-corrected chi connectivity index (χ3v) is 3.30. The average molecular weight is 359 g/mol. The number of esters is 1. The molecule has 1 atom stereocenters. The Bertz CT molecular complexity index is 460. The van der Waals surface area contributed by atoms with Gasteiger partial charge in [-0.05, 0) is 26.0 Å². The third kappa shape index (κ3) is 3.64. The normalized spacial score (nSPS) is 12.6. The van der Waals surface area contributed by atoms with Crippen LogP contribution in [0.4, 0.5) is 8.78 Å². The second-order valence-electron chi connectivity index (χ2n) is 4.47. The van der Waals surface area contributed by atoms with Gasteiger partial charge in [0, 0.05) is 10.0 Å². The molecule has 19 heavy (non-hydrogen) atoms. The first kappa shape index (κ1) is 18.3. The van der Waals surface area contributed by atoms with Crippen molar-refractivity contribution in [1.82, 2.24) is 0 Å². The number of carbonyl (C=O) groups is 1. The lowest BCUT2D eigenvalue weighted by Gasteiger charge is -2.29. The van der Waals surface area contributed by atoms with E-state index < -0.39 is 29.1 Å². The van der Waals surface area contributed by atoms with Gasteiger partial charge in [-0.1, -0.05) is 15.9 Å². The Morgan fingerprint density at radius 2 is 1.79 bits per heavy atom. The predicted molar refractivity (Wildman–Crippen MR) is 74.0 cm³/mol. The molecule has 0 radical (unpaired) electrons. The van der Waals surface area contributed by atoms with E-state index in [4.69, 9.17) is 5.73 Å². The fraction of sp³-hybridized carbons (Fsp3) is 0.417. The quantitative estimate of drug-likeness (QED) is 0.843. The minimum atomic E-state index is -1.23. The van der Waals surface area contributed by atoms with Gasteiger partial charge in [-0.2, -0.15) is 0 Å². The van der Waals surface area contributed by atoms with Crippen molar-refractivity contribution in [3.05, 3.63) is 33.8 Å². The maximum Gasteiger partial charge on any atom is 0.313 e. The molecule has 0 aliphatic heterocycles. The molecule has 0 aliphatic carbocycles. The highest BCUT2D eigenvalue weighted by Crippen LogP contribution is 2.36. The van der Waals surface area contributed by atoms with Gasteiger partial charge >= 0.3 is 5.97 Å². The van der Waals surface area contributed by atoms with E-state index in [0.717, 1.165) is 12.1 Å². The van der Waals surface area contributed by atoms with Crippen LogP contribution in [0.5, 0.6) is 0 Å². The van der Waals surface area contributed by atoms with Crippen LogP contribution >= 0.6 is 28.3 Å². The Balaban J connectivity index is 0.00000324. The molecule has 0 aliphatic rings. The van der Waals surface area contributed by atoms with Crippen molar-refractivity contribution in [3.8, 4) is 0 Å². The van der Waals surface area contributed by atoms with Crippen molar-refractivity contribution in [3.63, 3.8) is 0 Å². The number of rotatable bonds is 3. The number of benzene rings is 1. The monoisotopic (exact) mass is 357 g/mol. The minimum absolute atomic E-state index is 0. The Hall–Kier alpha value is -0.720. The van der Waals surface area contributed by atoms with Gasteiger partial charge in [0.1, 0.15) is 11.6 Å². The van der Waals surface area contributed by atoms with E-state index >= 15 is 0 Å². The van der Waals surface area contributed by atoms with E-state index in [-0.39, 0.29) is 22.4 Å². The molecule has 1 aromatic rings. The second kappa shape index (κ2) is 6.63. The number of ether oxygens (including phenoxy) is 1. The summed E-state index contributed by atoms with van der Waals surface area (Å²) in [5.74, 6) is -2.23. The van der Waals surface area contributed by atoms with Gasteiger partial charge in [0.2, 0.25) is 0 Å². The molecular weight excluding hydrogens is 343 g/mol.